The Kier molecular flexibility index (Phi) is 4.91. The summed E-state index contributed by atoms with van der Waals surface area (Å²) in [4.78, 5) is 23.2. The van der Waals surface area contributed by atoms with Gasteiger partial charge in [-0.1, -0.05) is 19.1 Å². The minimum Gasteiger partial charge on any atom is -0.497 e. The number of nitrogens with zero attached hydrogens (tertiary/aromatic N) is 3. The van der Waals surface area contributed by atoms with Crippen LogP contribution in [-0.4, -0.2) is 33.8 Å². The first-order valence-corrected chi connectivity index (χ1v) is 8.41. The van der Waals surface area contributed by atoms with E-state index in [0.29, 0.717) is 23.4 Å². The minimum atomic E-state index is -1.63. The van der Waals surface area contributed by atoms with Crippen LogP contribution in [0.2, 0.25) is 0 Å². The first-order valence-electron chi connectivity index (χ1n) is 8.41. The van der Waals surface area contributed by atoms with Crippen molar-refractivity contribution in [2.24, 2.45) is 5.10 Å². The molecule has 1 aliphatic heterocycles. The number of benzene rings is 2. The lowest BCUT2D eigenvalue weighted by Crippen LogP contribution is -2.43. The van der Waals surface area contributed by atoms with Crippen molar-refractivity contribution in [1.82, 2.24) is 5.01 Å². The van der Waals surface area contributed by atoms with E-state index in [9.17, 15) is 20.0 Å². The van der Waals surface area contributed by atoms with Crippen LogP contribution >= 0.6 is 0 Å². The number of aliphatic hydroxyl groups is 1. The summed E-state index contributed by atoms with van der Waals surface area (Å²) in [7, 11) is 1.54. The maximum atomic E-state index is 13.0. The van der Waals surface area contributed by atoms with Gasteiger partial charge in [-0.15, -0.1) is 0 Å². The number of nitro groups is 1. The molecule has 0 radical (unpaired) electrons. The second kappa shape index (κ2) is 7.16. The van der Waals surface area contributed by atoms with E-state index >= 15 is 0 Å². The van der Waals surface area contributed by atoms with E-state index < -0.39 is 16.6 Å². The molecule has 2 aromatic carbocycles. The van der Waals surface area contributed by atoms with Crippen LogP contribution in [-0.2, 0) is 5.72 Å². The molecule has 2 aromatic rings. The third-order valence-corrected chi connectivity index (χ3v) is 4.52. The van der Waals surface area contributed by atoms with Crippen LogP contribution in [0.3, 0.4) is 0 Å². The minimum absolute atomic E-state index is 0.115. The van der Waals surface area contributed by atoms with Gasteiger partial charge in [0, 0.05) is 35.4 Å². The van der Waals surface area contributed by atoms with Crippen molar-refractivity contribution in [2.75, 3.05) is 7.11 Å². The van der Waals surface area contributed by atoms with Crippen LogP contribution < -0.4 is 4.74 Å². The van der Waals surface area contributed by atoms with Crippen molar-refractivity contribution in [3.63, 3.8) is 0 Å². The van der Waals surface area contributed by atoms with Gasteiger partial charge in [-0.3, -0.25) is 14.9 Å². The van der Waals surface area contributed by atoms with Crippen molar-refractivity contribution in [1.29, 1.82) is 0 Å². The molecule has 0 aliphatic carbocycles. The van der Waals surface area contributed by atoms with Crippen molar-refractivity contribution in [3.8, 4) is 5.75 Å². The maximum Gasteiger partial charge on any atom is 0.276 e. The van der Waals surface area contributed by atoms with Gasteiger partial charge in [0.1, 0.15) is 5.75 Å². The van der Waals surface area contributed by atoms with Gasteiger partial charge in [-0.2, -0.15) is 10.1 Å². The van der Waals surface area contributed by atoms with E-state index in [1.807, 2.05) is 6.92 Å². The Hall–Kier alpha value is -3.26. The number of amides is 1. The fourth-order valence-corrected chi connectivity index (χ4v) is 2.96. The van der Waals surface area contributed by atoms with E-state index in [1.54, 1.807) is 31.4 Å². The molecule has 0 saturated heterocycles. The molecule has 0 unspecified atom stereocenters. The predicted octanol–water partition coefficient (Wildman–Crippen LogP) is 3.06. The van der Waals surface area contributed by atoms with Crippen LogP contribution in [0.25, 0.3) is 0 Å². The average Bonchev–Trinajstić information content (AvgIpc) is 3.05. The van der Waals surface area contributed by atoms with Gasteiger partial charge >= 0.3 is 0 Å². The Morgan fingerprint density at radius 3 is 2.41 bits per heavy atom. The number of hydrogen-bond acceptors (Lipinski definition) is 6. The molecule has 3 rings (SSSR count). The Balaban J connectivity index is 1.97. The molecule has 1 atom stereocenters. The molecule has 0 aromatic heterocycles. The van der Waals surface area contributed by atoms with E-state index in [0.717, 1.165) is 5.01 Å². The van der Waals surface area contributed by atoms with Crippen molar-refractivity contribution < 1.29 is 19.6 Å². The lowest BCUT2D eigenvalue weighted by Gasteiger charge is -2.31. The van der Waals surface area contributed by atoms with Gasteiger partial charge in [0.25, 0.3) is 11.6 Å². The first-order chi connectivity index (χ1) is 12.9. The summed E-state index contributed by atoms with van der Waals surface area (Å²) >= 11 is 0. The second-order valence-electron chi connectivity index (χ2n) is 6.16. The quantitative estimate of drug-likeness (QED) is 0.644. The van der Waals surface area contributed by atoms with Crippen LogP contribution in [0, 0.1) is 10.1 Å². The molecular formula is C19H19N3O5. The standard InChI is InChI=1S/C19H19N3O5/c1-3-15-12-19(24,14-6-10-17(27-2)11-7-14)21(20-15)18(23)13-4-8-16(9-5-13)22(25)26/h4-11,24H,3,12H2,1-2H3/t19-/m1/s1. The smallest absolute Gasteiger partial charge is 0.276 e. The maximum absolute atomic E-state index is 13.0. The Labute approximate surface area is 155 Å². The molecule has 0 fully saturated rings. The summed E-state index contributed by atoms with van der Waals surface area (Å²) in [5, 5.41) is 27.5. The summed E-state index contributed by atoms with van der Waals surface area (Å²) in [5.74, 6) is 0.0943. The highest BCUT2D eigenvalue weighted by atomic mass is 16.6. The van der Waals surface area contributed by atoms with Crippen molar-refractivity contribution in [2.45, 2.75) is 25.5 Å². The zero-order valence-corrected chi connectivity index (χ0v) is 15.0. The number of carbonyl (C=O) groups excluding carboxylic acids is 1. The van der Waals surface area contributed by atoms with E-state index in [-0.39, 0.29) is 17.7 Å². The highest BCUT2D eigenvalue weighted by Gasteiger charge is 2.45. The summed E-state index contributed by atoms with van der Waals surface area (Å²) in [5.41, 5.74) is -0.352. The lowest BCUT2D eigenvalue weighted by molar-refractivity contribution is -0.384. The number of nitro benzene ring substituents is 1. The third kappa shape index (κ3) is 3.39. The average molecular weight is 369 g/mol. The van der Waals surface area contributed by atoms with Gasteiger partial charge in [-0.05, 0) is 30.7 Å². The van der Waals surface area contributed by atoms with Gasteiger partial charge in [0.2, 0.25) is 0 Å². The molecule has 0 spiro atoms. The first kappa shape index (κ1) is 18.5. The van der Waals surface area contributed by atoms with Crippen LogP contribution in [0.5, 0.6) is 5.75 Å². The SMILES string of the molecule is CCC1=NN(C(=O)c2ccc([N+](=O)[O-])cc2)[C@](O)(c2ccc(OC)cc2)C1. The topological polar surface area (TPSA) is 105 Å². The predicted molar refractivity (Wildman–Crippen MR) is 98.5 cm³/mol. The summed E-state index contributed by atoms with van der Waals surface area (Å²) in [6, 6.07) is 12.0. The Morgan fingerprint density at radius 2 is 1.89 bits per heavy atom. The molecule has 27 heavy (non-hydrogen) atoms. The number of ether oxygens (including phenoxy) is 1. The Bertz CT molecular complexity index is 893. The third-order valence-electron chi connectivity index (χ3n) is 4.52. The number of hydrazone groups is 1. The lowest BCUT2D eigenvalue weighted by atomic mass is 9.96. The summed E-state index contributed by atoms with van der Waals surface area (Å²) in [6.07, 6.45) is 0.775. The second-order valence-corrected chi connectivity index (χ2v) is 6.16. The number of hydrogen-bond donors (Lipinski definition) is 1. The van der Waals surface area contributed by atoms with Crippen LogP contribution in [0.15, 0.2) is 53.6 Å². The fraction of sp³-hybridized carbons (Fsp3) is 0.263. The Morgan fingerprint density at radius 1 is 1.26 bits per heavy atom. The summed E-state index contributed by atoms with van der Waals surface area (Å²) < 4.78 is 5.14. The van der Waals surface area contributed by atoms with Crippen molar-refractivity contribution in [3.05, 3.63) is 69.8 Å². The van der Waals surface area contributed by atoms with Gasteiger partial charge in [0.05, 0.1) is 12.0 Å². The molecule has 1 heterocycles. The zero-order valence-electron chi connectivity index (χ0n) is 15.0. The van der Waals surface area contributed by atoms with E-state index in [1.165, 1.54) is 24.3 Å². The number of carbonyl (C=O) groups is 1. The number of rotatable bonds is 5. The van der Waals surface area contributed by atoms with Gasteiger partial charge in [0.15, 0.2) is 5.72 Å². The van der Waals surface area contributed by atoms with Crippen molar-refractivity contribution >= 4 is 17.3 Å². The molecule has 8 nitrogen and oxygen atoms in total. The monoisotopic (exact) mass is 369 g/mol. The van der Waals surface area contributed by atoms with Crippen LogP contribution in [0.1, 0.15) is 35.7 Å². The van der Waals surface area contributed by atoms with E-state index in [4.69, 9.17) is 4.74 Å². The van der Waals surface area contributed by atoms with Crippen LogP contribution in [0.4, 0.5) is 5.69 Å². The fourth-order valence-electron chi connectivity index (χ4n) is 2.96. The molecule has 1 aliphatic rings. The van der Waals surface area contributed by atoms with E-state index in [2.05, 4.69) is 5.10 Å². The largest absolute Gasteiger partial charge is 0.497 e. The molecule has 1 amide bonds. The zero-order chi connectivity index (χ0) is 19.6. The number of methoxy groups -OCH3 is 1. The normalized spacial score (nSPS) is 18.9. The molecule has 140 valence electrons. The molecule has 0 saturated carbocycles. The highest BCUT2D eigenvalue weighted by Crippen LogP contribution is 2.37. The number of non-ortho nitro benzene ring substituents is 1. The highest BCUT2D eigenvalue weighted by molar-refractivity contribution is 5.98. The molecule has 0 bridgehead atoms. The summed E-state index contributed by atoms with van der Waals surface area (Å²) in [6.45, 7) is 1.90. The van der Waals surface area contributed by atoms with Gasteiger partial charge < -0.3 is 9.84 Å². The molecular weight excluding hydrogens is 350 g/mol. The molecule has 8 heteroatoms. The van der Waals surface area contributed by atoms with Gasteiger partial charge in [-0.25, -0.2) is 0 Å². The molecule has 1 N–H and O–H groups in total.